The standard InChI is InChI=1S/C32H48N6O7/c1-22(2)15-24(28(42)34-18-27(41)38-19-32(20-38)11-13-37(21-39)14-12-32)35-26(40)17-33-29(43)25(16-23-9-7-6-8-10-23)36-30(44)45-31(3,4)5/h6-10,21-22,24-25H,11-20H2,1-5H3,(H,33,43)(H,34,42)(H,35,40)(H,36,44). The molecule has 0 radical (unpaired) electrons. The van der Waals surface area contributed by atoms with Crippen molar-refractivity contribution in [1.29, 1.82) is 0 Å². The van der Waals surface area contributed by atoms with Crippen LogP contribution in [-0.2, 0) is 35.1 Å². The van der Waals surface area contributed by atoms with Crippen molar-refractivity contribution in [1.82, 2.24) is 31.1 Å². The Labute approximate surface area is 265 Å². The van der Waals surface area contributed by atoms with Crippen LogP contribution in [0.4, 0.5) is 4.79 Å². The number of nitrogens with zero attached hydrogens (tertiary/aromatic N) is 2. The summed E-state index contributed by atoms with van der Waals surface area (Å²) in [6.45, 7) is 10.9. The molecule has 0 saturated carbocycles. The highest BCUT2D eigenvalue weighted by Gasteiger charge is 2.46. The molecule has 0 aliphatic carbocycles. The predicted molar refractivity (Wildman–Crippen MR) is 167 cm³/mol. The zero-order chi connectivity index (χ0) is 33.2. The van der Waals surface area contributed by atoms with Crippen LogP contribution in [0.15, 0.2) is 30.3 Å². The molecule has 2 aliphatic rings. The summed E-state index contributed by atoms with van der Waals surface area (Å²) < 4.78 is 5.31. The molecular weight excluding hydrogens is 580 g/mol. The number of hydrogen-bond donors (Lipinski definition) is 4. The summed E-state index contributed by atoms with van der Waals surface area (Å²) in [5.41, 5.74) is 0.0833. The molecule has 45 heavy (non-hydrogen) atoms. The van der Waals surface area contributed by atoms with E-state index in [1.165, 1.54) is 0 Å². The van der Waals surface area contributed by atoms with E-state index in [-0.39, 0.29) is 30.2 Å². The predicted octanol–water partition coefficient (Wildman–Crippen LogP) is 0.967. The van der Waals surface area contributed by atoms with Crippen LogP contribution in [0, 0.1) is 11.3 Å². The number of carbonyl (C=O) groups excluding carboxylic acids is 6. The number of amides is 6. The highest BCUT2D eigenvalue weighted by molar-refractivity contribution is 5.93. The number of likely N-dealkylation sites (tertiary alicyclic amines) is 2. The first-order chi connectivity index (χ1) is 21.2. The van der Waals surface area contributed by atoms with Crippen molar-refractivity contribution in [2.24, 2.45) is 11.3 Å². The number of hydrogen-bond acceptors (Lipinski definition) is 7. The summed E-state index contributed by atoms with van der Waals surface area (Å²) in [5, 5.41) is 10.4. The summed E-state index contributed by atoms with van der Waals surface area (Å²) in [6.07, 6.45) is 2.31. The van der Waals surface area contributed by atoms with Gasteiger partial charge < -0.3 is 35.8 Å². The Morgan fingerprint density at radius 2 is 1.51 bits per heavy atom. The summed E-state index contributed by atoms with van der Waals surface area (Å²) >= 11 is 0. The van der Waals surface area contributed by atoms with Crippen molar-refractivity contribution in [3.05, 3.63) is 35.9 Å². The fraction of sp³-hybridized carbons (Fsp3) is 0.625. The molecule has 4 N–H and O–H groups in total. The van der Waals surface area contributed by atoms with Gasteiger partial charge in [-0.25, -0.2) is 4.79 Å². The maximum Gasteiger partial charge on any atom is 0.408 e. The lowest BCUT2D eigenvalue weighted by atomic mass is 9.72. The lowest BCUT2D eigenvalue weighted by Gasteiger charge is -2.53. The van der Waals surface area contributed by atoms with Gasteiger partial charge in [0.1, 0.15) is 17.7 Å². The molecule has 248 valence electrons. The van der Waals surface area contributed by atoms with E-state index in [9.17, 15) is 28.8 Å². The van der Waals surface area contributed by atoms with Gasteiger partial charge in [-0.15, -0.1) is 0 Å². The molecule has 2 fully saturated rings. The van der Waals surface area contributed by atoms with E-state index in [0.29, 0.717) is 32.6 Å². The maximum absolute atomic E-state index is 13.1. The van der Waals surface area contributed by atoms with Gasteiger partial charge in [-0.05, 0) is 51.5 Å². The fourth-order valence-corrected chi connectivity index (χ4v) is 5.51. The van der Waals surface area contributed by atoms with Crippen molar-refractivity contribution in [3.63, 3.8) is 0 Å². The number of carbonyl (C=O) groups is 6. The van der Waals surface area contributed by atoms with Crippen LogP contribution in [0.2, 0.25) is 0 Å². The lowest BCUT2D eigenvalue weighted by molar-refractivity contribution is -0.148. The molecule has 2 heterocycles. The Morgan fingerprint density at radius 3 is 2.09 bits per heavy atom. The number of nitrogens with one attached hydrogen (secondary N) is 4. The Kier molecular flexibility index (Phi) is 12.3. The van der Waals surface area contributed by atoms with Crippen LogP contribution in [0.25, 0.3) is 0 Å². The quantitative estimate of drug-likeness (QED) is 0.236. The average molecular weight is 629 g/mol. The van der Waals surface area contributed by atoms with E-state index in [2.05, 4.69) is 21.3 Å². The van der Waals surface area contributed by atoms with Gasteiger partial charge in [-0.1, -0.05) is 44.2 Å². The molecule has 2 saturated heterocycles. The highest BCUT2D eigenvalue weighted by Crippen LogP contribution is 2.40. The summed E-state index contributed by atoms with van der Waals surface area (Å²) in [5.74, 6) is -1.79. The number of alkyl carbamates (subject to hydrolysis) is 1. The third-order valence-electron chi connectivity index (χ3n) is 7.90. The SMILES string of the molecule is CC(C)CC(NC(=O)CNC(=O)C(Cc1ccccc1)NC(=O)OC(C)(C)C)C(=O)NCC(=O)N1CC2(CCN(C=O)CC2)C1. The summed E-state index contributed by atoms with van der Waals surface area (Å²) in [6, 6.07) is 7.21. The minimum Gasteiger partial charge on any atom is -0.444 e. The Morgan fingerprint density at radius 1 is 0.911 bits per heavy atom. The second-order valence-corrected chi connectivity index (χ2v) is 13.5. The Bertz CT molecular complexity index is 1200. The minimum absolute atomic E-state index is 0.0420. The molecule has 1 spiro atoms. The van der Waals surface area contributed by atoms with Crippen molar-refractivity contribution in [2.75, 3.05) is 39.3 Å². The zero-order valence-corrected chi connectivity index (χ0v) is 27.0. The Balaban J connectivity index is 1.50. The van der Waals surface area contributed by atoms with Crippen molar-refractivity contribution >= 4 is 36.1 Å². The van der Waals surface area contributed by atoms with E-state index in [1.807, 2.05) is 44.2 Å². The van der Waals surface area contributed by atoms with Crippen LogP contribution in [-0.4, -0.2) is 103 Å². The minimum atomic E-state index is -1.01. The smallest absolute Gasteiger partial charge is 0.408 e. The molecule has 1 aromatic rings. The molecule has 13 nitrogen and oxygen atoms in total. The molecule has 6 amide bonds. The first-order valence-corrected chi connectivity index (χ1v) is 15.5. The topological polar surface area (TPSA) is 166 Å². The normalized spacial score (nSPS) is 17.0. The van der Waals surface area contributed by atoms with Gasteiger partial charge >= 0.3 is 6.09 Å². The van der Waals surface area contributed by atoms with Crippen LogP contribution >= 0.6 is 0 Å². The summed E-state index contributed by atoms with van der Waals surface area (Å²) in [7, 11) is 0. The van der Waals surface area contributed by atoms with Gasteiger partial charge in [0.15, 0.2) is 0 Å². The maximum atomic E-state index is 13.1. The second-order valence-electron chi connectivity index (χ2n) is 13.5. The van der Waals surface area contributed by atoms with Crippen LogP contribution in [0.3, 0.4) is 0 Å². The van der Waals surface area contributed by atoms with Gasteiger partial charge in [0.25, 0.3) is 0 Å². The van der Waals surface area contributed by atoms with Gasteiger partial charge in [0, 0.05) is 38.0 Å². The number of benzene rings is 1. The molecule has 0 bridgehead atoms. The number of piperidine rings is 1. The molecule has 2 aliphatic heterocycles. The fourth-order valence-electron chi connectivity index (χ4n) is 5.51. The Hall–Kier alpha value is -4.16. The van der Waals surface area contributed by atoms with E-state index in [0.717, 1.165) is 24.8 Å². The van der Waals surface area contributed by atoms with Crippen LogP contribution in [0.5, 0.6) is 0 Å². The monoisotopic (exact) mass is 628 g/mol. The van der Waals surface area contributed by atoms with Crippen LogP contribution in [0.1, 0.15) is 59.4 Å². The molecule has 2 unspecified atom stereocenters. The first-order valence-electron chi connectivity index (χ1n) is 15.5. The van der Waals surface area contributed by atoms with Crippen molar-refractivity contribution in [2.45, 2.75) is 78.0 Å². The van der Waals surface area contributed by atoms with E-state index in [4.69, 9.17) is 4.74 Å². The van der Waals surface area contributed by atoms with Crippen molar-refractivity contribution < 1.29 is 33.5 Å². The third kappa shape index (κ3) is 11.4. The van der Waals surface area contributed by atoms with Gasteiger partial charge in [0.2, 0.25) is 30.0 Å². The van der Waals surface area contributed by atoms with Gasteiger partial charge in [-0.3, -0.25) is 24.0 Å². The van der Waals surface area contributed by atoms with Gasteiger partial charge in [-0.2, -0.15) is 0 Å². The van der Waals surface area contributed by atoms with Crippen LogP contribution < -0.4 is 21.3 Å². The second kappa shape index (κ2) is 15.7. The number of rotatable bonds is 13. The largest absolute Gasteiger partial charge is 0.444 e. The van der Waals surface area contributed by atoms with Gasteiger partial charge in [0.05, 0.1) is 13.1 Å². The number of ether oxygens (including phenoxy) is 1. The first kappa shape index (κ1) is 35.3. The summed E-state index contributed by atoms with van der Waals surface area (Å²) in [4.78, 5) is 78.5. The lowest BCUT2D eigenvalue weighted by Crippen LogP contribution is -2.63. The van der Waals surface area contributed by atoms with E-state index >= 15 is 0 Å². The van der Waals surface area contributed by atoms with E-state index < -0.39 is 48.0 Å². The zero-order valence-electron chi connectivity index (χ0n) is 27.0. The van der Waals surface area contributed by atoms with Crippen molar-refractivity contribution in [3.8, 4) is 0 Å². The highest BCUT2D eigenvalue weighted by atomic mass is 16.6. The molecule has 3 rings (SSSR count). The molecular formula is C32H48N6O7. The molecule has 0 aromatic heterocycles. The molecule has 13 heteroatoms. The van der Waals surface area contributed by atoms with E-state index in [1.54, 1.807) is 30.6 Å². The third-order valence-corrected chi connectivity index (χ3v) is 7.90. The molecule has 1 aromatic carbocycles. The average Bonchev–Trinajstić information content (AvgIpc) is 2.96. The molecule has 2 atom stereocenters.